The molecule has 2 aliphatic heterocycles. The van der Waals surface area contributed by atoms with Crippen molar-refractivity contribution >= 4 is 17.5 Å². The number of aryl methyl sites for hydroxylation is 1. The molecule has 2 aromatic rings. The monoisotopic (exact) mass is 391 g/mol. The molecule has 0 unspecified atom stereocenters. The maximum Gasteiger partial charge on any atom is 0.253 e. The molecule has 4 rings (SSSR count). The summed E-state index contributed by atoms with van der Waals surface area (Å²) in [4.78, 5) is 31.5. The fraction of sp³-hybridized carbons (Fsp3) is 0.417. The molecule has 0 radical (unpaired) electrons. The molecule has 0 aromatic heterocycles. The van der Waals surface area contributed by atoms with Gasteiger partial charge in [0.15, 0.2) is 0 Å². The Morgan fingerprint density at radius 1 is 0.966 bits per heavy atom. The van der Waals surface area contributed by atoms with Crippen molar-refractivity contribution in [2.24, 2.45) is 11.8 Å². The Kier molecular flexibility index (Phi) is 5.07. The number of fused-ring (bicyclic) bond motifs is 1. The number of nitrogens with zero attached hydrogens (tertiary/aromatic N) is 3. The summed E-state index contributed by atoms with van der Waals surface area (Å²) in [5.41, 5.74) is 4.22. The number of likely N-dealkylation sites (tertiary alicyclic amines) is 2. The molecular weight excluding hydrogens is 362 g/mol. The second kappa shape index (κ2) is 7.54. The summed E-state index contributed by atoms with van der Waals surface area (Å²) < 4.78 is 0. The van der Waals surface area contributed by atoms with Crippen LogP contribution in [0.1, 0.15) is 34.5 Å². The Morgan fingerprint density at radius 2 is 1.66 bits per heavy atom. The quantitative estimate of drug-likeness (QED) is 0.806. The zero-order chi connectivity index (χ0) is 20.7. The van der Waals surface area contributed by atoms with E-state index in [1.54, 1.807) is 6.92 Å². The van der Waals surface area contributed by atoms with Crippen LogP contribution in [-0.4, -0.2) is 55.3 Å². The van der Waals surface area contributed by atoms with Crippen molar-refractivity contribution in [3.8, 4) is 0 Å². The van der Waals surface area contributed by atoms with Crippen molar-refractivity contribution in [3.05, 3.63) is 65.2 Å². The number of carbonyl (C=O) groups excluding carboxylic acids is 2. The molecule has 2 amide bonds. The van der Waals surface area contributed by atoms with E-state index >= 15 is 0 Å². The molecule has 2 heterocycles. The van der Waals surface area contributed by atoms with Crippen LogP contribution in [0.25, 0.3) is 0 Å². The molecule has 5 heteroatoms. The second-order valence-electron chi connectivity index (χ2n) is 8.55. The highest BCUT2D eigenvalue weighted by atomic mass is 16.2. The van der Waals surface area contributed by atoms with Gasteiger partial charge in [0.1, 0.15) is 0 Å². The predicted molar refractivity (Wildman–Crippen MR) is 115 cm³/mol. The largest absolute Gasteiger partial charge is 0.378 e. The number of carbonyl (C=O) groups is 2. The zero-order valence-corrected chi connectivity index (χ0v) is 17.6. The maximum absolute atomic E-state index is 13.1. The van der Waals surface area contributed by atoms with E-state index in [4.69, 9.17) is 0 Å². The van der Waals surface area contributed by atoms with Crippen molar-refractivity contribution in [3.63, 3.8) is 0 Å². The van der Waals surface area contributed by atoms with Crippen molar-refractivity contribution in [1.29, 1.82) is 0 Å². The lowest BCUT2D eigenvalue weighted by Gasteiger charge is -2.30. The van der Waals surface area contributed by atoms with E-state index in [1.165, 1.54) is 11.1 Å². The fourth-order valence-corrected chi connectivity index (χ4v) is 4.94. The van der Waals surface area contributed by atoms with E-state index in [-0.39, 0.29) is 23.8 Å². The fourth-order valence-electron chi connectivity index (χ4n) is 4.94. The van der Waals surface area contributed by atoms with Crippen molar-refractivity contribution < 1.29 is 9.59 Å². The molecule has 2 aliphatic rings. The number of hydrogen-bond acceptors (Lipinski definition) is 3. The third-order valence-corrected chi connectivity index (χ3v) is 6.49. The van der Waals surface area contributed by atoms with E-state index in [1.807, 2.05) is 65.2 Å². The highest BCUT2D eigenvalue weighted by molar-refractivity contribution is 5.94. The summed E-state index contributed by atoms with van der Waals surface area (Å²) >= 11 is 0. The normalized spacial score (nSPS) is 23.2. The van der Waals surface area contributed by atoms with Crippen LogP contribution in [0.4, 0.5) is 5.69 Å². The molecule has 152 valence electrons. The highest BCUT2D eigenvalue weighted by Gasteiger charge is 2.49. The van der Waals surface area contributed by atoms with E-state index in [0.717, 1.165) is 17.8 Å². The van der Waals surface area contributed by atoms with Crippen LogP contribution in [0.2, 0.25) is 0 Å². The Hall–Kier alpha value is -2.82. The number of rotatable bonds is 3. The van der Waals surface area contributed by atoms with Gasteiger partial charge in [-0.25, -0.2) is 0 Å². The first-order valence-corrected chi connectivity index (χ1v) is 10.3. The van der Waals surface area contributed by atoms with Gasteiger partial charge in [-0.05, 0) is 42.3 Å². The molecule has 2 fully saturated rings. The molecule has 5 nitrogen and oxygen atoms in total. The number of amides is 2. The zero-order valence-electron chi connectivity index (χ0n) is 17.6. The van der Waals surface area contributed by atoms with Crippen molar-refractivity contribution in [2.45, 2.75) is 19.9 Å². The van der Waals surface area contributed by atoms with Crippen LogP contribution >= 0.6 is 0 Å². The molecule has 0 N–H and O–H groups in total. The van der Waals surface area contributed by atoms with Gasteiger partial charge in [0, 0.05) is 63.7 Å². The van der Waals surface area contributed by atoms with Gasteiger partial charge in [-0.2, -0.15) is 0 Å². The molecule has 2 saturated heterocycles. The summed E-state index contributed by atoms with van der Waals surface area (Å²) in [6.07, 6.45) is 0. The third kappa shape index (κ3) is 3.50. The minimum atomic E-state index is 0.0487. The Labute approximate surface area is 172 Å². The van der Waals surface area contributed by atoms with Gasteiger partial charge in [-0.1, -0.05) is 24.3 Å². The lowest BCUT2D eigenvalue weighted by molar-refractivity contribution is -0.130. The molecule has 0 aliphatic carbocycles. The van der Waals surface area contributed by atoms with Crippen LogP contribution in [0.3, 0.4) is 0 Å². The molecule has 29 heavy (non-hydrogen) atoms. The van der Waals surface area contributed by atoms with E-state index < -0.39 is 0 Å². The SMILES string of the molecule is CC(=O)N1C[C@H]2CN(C(=O)c3ccc(N(C)C)cc3)C[C@H]2[C@H]1c1ccccc1C. The standard InChI is InChI=1S/C24H29N3O2/c1-16-7-5-6-8-21(16)23-22-15-26(13-19(22)14-27(23)17(2)28)24(29)18-9-11-20(12-10-18)25(3)4/h5-12,19,22-23H,13-15H2,1-4H3/t19-,22-,23-/m1/s1. The van der Waals surface area contributed by atoms with E-state index in [2.05, 4.69) is 19.1 Å². The van der Waals surface area contributed by atoms with E-state index in [9.17, 15) is 9.59 Å². The van der Waals surface area contributed by atoms with Gasteiger partial charge in [-0.3, -0.25) is 9.59 Å². The number of hydrogen-bond donors (Lipinski definition) is 0. The predicted octanol–water partition coefficient (Wildman–Crippen LogP) is 3.35. The van der Waals surface area contributed by atoms with Gasteiger partial charge >= 0.3 is 0 Å². The smallest absolute Gasteiger partial charge is 0.253 e. The molecule has 0 saturated carbocycles. The van der Waals surface area contributed by atoms with Crippen LogP contribution in [0.15, 0.2) is 48.5 Å². The molecular formula is C24H29N3O2. The molecule has 2 aromatic carbocycles. The summed E-state index contributed by atoms with van der Waals surface area (Å²) in [6, 6.07) is 16.1. The van der Waals surface area contributed by atoms with Crippen LogP contribution in [0, 0.1) is 18.8 Å². The maximum atomic E-state index is 13.1. The summed E-state index contributed by atoms with van der Waals surface area (Å²) in [5.74, 6) is 0.811. The van der Waals surface area contributed by atoms with Gasteiger partial charge < -0.3 is 14.7 Å². The average Bonchev–Trinajstić information content (AvgIpc) is 3.26. The molecule has 0 bridgehead atoms. The highest BCUT2D eigenvalue weighted by Crippen LogP contribution is 2.46. The first kappa shape index (κ1) is 19.5. The summed E-state index contributed by atoms with van der Waals surface area (Å²) in [7, 11) is 3.98. The first-order valence-electron chi connectivity index (χ1n) is 10.3. The molecule has 0 spiro atoms. The van der Waals surface area contributed by atoms with Crippen molar-refractivity contribution in [1.82, 2.24) is 9.80 Å². The van der Waals surface area contributed by atoms with Gasteiger partial charge in [0.2, 0.25) is 5.91 Å². The lowest BCUT2D eigenvalue weighted by atomic mass is 9.87. The van der Waals surface area contributed by atoms with Crippen molar-refractivity contribution in [2.75, 3.05) is 38.6 Å². The molecule has 3 atom stereocenters. The minimum Gasteiger partial charge on any atom is -0.378 e. The number of benzene rings is 2. The Bertz CT molecular complexity index is 922. The van der Waals surface area contributed by atoms with E-state index in [0.29, 0.717) is 19.0 Å². The minimum absolute atomic E-state index is 0.0487. The lowest BCUT2D eigenvalue weighted by Crippen LogP contribution is -2.36. The number of anilines is 1. The summed E-state index contributed by atoms with van der Waals surface area (Å²) in [5, 5.41) is 0. The average molecular weight is 392 g/mol. The second-order valence-corrected chi connectivity index (χ2v) is 8.55. The van der Waals surface area contributed by atoms with Crippen LogP contribution in [0.5, 0.6) is 0 Å². The van der Waals surface area contributed by atoms with Gasteiger partial charge in [0.05, 0.1) is 6.04 Å². The summed E-state index contributed by atoms with van der Waals surface area (Å²) in [6.45, 7) is 5.89. The Balaban J connectivity index is 1.57. The topological polar surface area (TPSA) is 43.9 Å². The van der Waals surface area contributed by atoms with Gasteiger partial charge in [-0.15, -0.1) is 0 Å². The van der Waals surface area contributed by atoms with Crippen LogP contribution in [-0.2, 0) is 4.79 Å². The third-order valence-electron chi connectivity index (χ3n) is 6.49. The Morgan fingerprint density at radius 3 is 2.28 bits per heavy atom. The first-order chi connectivity index (χ1) is 13.9. The van der Waals surface area contributed by atoms with Crippen LogP contribution < -0.4 is 4.90 Å². The van der Waals surface area contributed by atoms with Gasteiger partial charge in [0.25, 0.3) is 5.91 Å².